The quantitative estimate of drug-likeness (QED) is 0.255. The number of carbonyl (C=O) groups excluding carboxylic acids is 1. The SMILES string of the molecule is CCOC(=O)c1c(NC(=S)NCc2ccc(OCC)c(OCC)c2)sc(C)c1-c1ccccc1. The fourth-order valence-electron chi connectivity index (χ4n) is 3.52. The van der Waals surface area contributed by atoms with Crippen molar-refractivity contribution in [1.82, 2.24) is 5.32 Å². The molecule has 0 fully saturated rings. The van der Waals surface area contributed by atoms with Gasteiger partial charge in [-0.2, -0.15) is 0 Å². The topological polar surface area (TPSA) is 68.8 Å². The maximum Gasteiger partial charge on any atom is 0.341 e. The summed E-state index contributed by atoms with van der Waals surface area (Å²) in [6, 6.07) is 15.6. The van der Waals surface area contributed by atoms with Crippen LogP contribution in [0.15, 0.2) is 48.5 Å². The van der Waals surface area contributed by atoms with E-state index in [0.29, 0.717) is 47.8 Å². The highest BCUT2D eigenvalue weighted by Gasteiger charge is 2.24. The minimum Gasteiger partial charge on any atom is -0.490 e. The molecular weight excluding hydrogens is 468 g/mol. The summed E-state index contributed by atoms with van der Waals surface area (Å²) in [7, 11) is 0. The van der Waals surface area contributed by atoms with Gasteiger partial charge in [-0.3, -0.25) is 0 Å². The van der Waals surface area contributed by atoms with Crippen LogP contribution in [0.3, 0.4) is 0 Å². The van der Waals surface area contributed by atoms with Gasteiger partial charge in [-0.1, -0.05) is 36.4 Å². The van der Waals surface area contributed by atoms with Crippen molar-refractivity contribution in [3.05, 3.63) is 64.5 Å². The van der Waals surface area contributed by atoms with Gasteiger partial charge in [0, 0.05) is 17.0 Å². The zero-order valence-electron chi connectivity index (χ0n) is 19.9. The Morgan fingerprint density at radius 3 is 2.35 bits per heavy atom. The molecule has 1 heterocycles. The summed E-state index contributed by atoms with van der Waals surface area (Å²) < 4.78 is 16.7. The van der Waals surface area contributed by atoms with E-state index in [-0.39, 0.29) is 5.97 Å². The number of aryl methyl sites for hydroxylation is 1. The molecule has 0 spiro atoms. The van der Waals surface area contributed by atoms with Crippen LogP contribution in [0.25, 0.3) is 11.1 Å². The fraction of sp³-hybridized carbons (Fsp3) is 0.308. The molecule has 0 aliphatic rings. The van der Waals surface area contributed by atoms with E-state index >= 15 is 0 Å². The van der Waals surface area contributed by atoms with E-state index in [1.165, 1.54) is 11.3 Å². The molecular formula is C26H30N2O4S2. The Morgan fingerprint density at radius 1 is 0.971 bits per heavy atom. The molecule has 3 aromatic rings. The highest BCUT2D eigenvalue weighted by molar-refractivity contribution is 7.80. The first kappa shape index (κ1) is 25.5. The third kappa shape index (κ3) is 6.27. The van der Waals surface area contributed by atoms with Crippen molar-refractivity contribution in [3.63, 3.8) is 0 Å². The lowest BCUT2D eigenvalue weighted by molar-refractivity contribution is 0.0529. The zero-order chi connectivity index (χ0) is 24.5. The van der Waals surface area contributed by atoms with Gasteiger partial charge in [-0.15, -0.1) is 11.3 Å². The number of anilines is 1. The van der Waals surface area contributed by atoms with Crippen LogP contribution in [-0.4, -0.2) is 30.9 Å². The average Bonchev–Trinajstić information content (AvgIpc) is 3.15. The van der Waals surface area contributed by atoms with Gasteiger partial charge in [-0.25, -0.2) is 4.79 Å². The molecule has 0 saturated carbocycles. The average molecular weight is 499 g/mol. The molecule has 0 amide bonds. The highest BCUT2D eigenvalue weighted by Crippen LogP contribution is 2.40. The Hall–Kier alpha value is -3.10. The van der Waals surface area contributed by atoms with Gasteiger partial charge in [0.15, 0.2) is 16.6 Å². The maximum atomic E-state index is 12.9. The lowest BCUT2D eigenvalue weighted by Gasteiger charge is -2.14. The minimum atomic E-state index is -0.371. The van der Waals surface area contributed by atoms with E-state index in [4.69, 9.17) is 26.4 Å². The van der Waals surface area contributed by atoms with Crippen molar-refractivity contribution in [2.24, 2.45) is 0 Å². The zero-order valence-corrected chi connectivity index (χ0v) is 21.5. The maximum absolute atomic E-state index is 12.9. The second-order valence-corrected chi connectivity index (χ2v) is 8.91. The fourth-order valence-corrected chi connectivity index (χ4v) is 4.83. The first-order chi connectivity index (χ1) is 16.5. The largest absolute Gasteiger partial charge is 0.490 e. The summed E-state index contributed by atoms with van der Waals surface area (Å²) in [4.78, 5) is 13.9. The predicted octanol–water partition coefficient (Wildman–Crippen LogP) is 6.18. The monoisotopic (exact) mass is 498 g/mol. The van der Waals surface area contributed by atoms with Crippen LogP contribution in [0.2, 0.25) is 0 Å². The van der Waals surface area contributed by atoms with E-state index in [2.05, 4.69) is 10.6 Å². The van der Waals surface area contributed by atoms with Crippen molar-refractivity contribution in [1.29, 1.82) is 0 Å². The van der Waals surface area contributed by atoms with Gasteiger partial charge in [-0.05, 0) is 63.2 Å². The Labute approximate surface area is 210 Å². The third-order valence-electron chi connectivity index (χ3n) is 4.91. The van der Waals surface area contributed by atoms with E-state index in [1.807, 2.05) is 69.3 Å². The van der Waals surface area contributed by atoms with Crippen LogP contribution in [0.5, 0.6) is 11.5 Å². The Balaban J connectivity index is 1.78. The van der Waals surface area contributed by atoms with E-state index < -0.39 is 0 Å². The van der Waals surface area contributed by atoms with Gasteiger partial charge in [0.05, 0.1) is 19.8 Å². The van der Waals surface area contributed by atoms with Crippen molar-refractivity contribution < 1.29 is 19.0 Å². The molecule has 8 heteroatoms. The second kappa shape index (κ2) is 12.4. The standard InChI is InChI=1S/C26H30N2O4S2/c1-5-30-20-14-13-18(15-21(20)31-6-2)16-27-26(33)28-24-23(25(29)32-7-3)22(17(4)34-24)19-11-9-8-10-12-19/h8-15H,5-7,16H2,1-4H3,(H2,27,28,33). The highest BCUT2D eigenvalue weighted by atomic mass is 32.1. The number of ether oxygens (including phenoxy) is 3. The molecule has 34 heavy (non-hydrogen) atoms. The number of hydrogen-bond acceptors (Lipinski definition) is 6. The number of rotatable bonds is 10. The molecule has 0 saturated heterocycles. The lowest BCUT2D eigenvalue weighted by atomic mass is 10.0. The second-order valence-electron chi connectivity index (χ2n) is 7.28. The molecule has 0 bridgehead atoms. The van der Waals surface area contributed by atoms with Crippen molar-refractivity contribution in [3.8, 4) is 22.6 Å². The van der Waals surface area contributed by atoms with Gasteiger partial charge >= 0.3 is 5.97 Å². The van der Waals surface area contributed by atoms with Gasteiger partial charge in [0.25, 0.3) is 0 Å². The molecule has 2 aromatic carbocycles. The summed E-state index contributed by atoms with van der Waals surface area (Å²) in [5, 5.41) is 7.49. The van der Waals surface area contributed by atoms with Crippen molar-refractivity contribution >= 4 is 39.6 Å². The summed E-state index contributed by atoms with van der Waals surface area (Å²) in [5.74, 6) is 1.05. The van der Waals surface area contributed by atoms with Crippen LogP contribution < -0.4 is 20.1 Å². The first-order valence-electron chi connectivity index (χ1n) is 11.3. The summed E-state index contributed by atoms with van der Waals surface area (Å²) >= 11 is 7.02. The van der Waals surface area contributed by atoms with Crippen LogP contribution in [0, 0.1) is 6.92 Å². The van der Waals surface area contributed by atoms with Crippen LogP contribution in [-0.2, 0) is 11.3 Å². The smallest absolute Gasteiger partial charge is 0.341 e. The number of nitrogens with one attached hydrogen (secondary N) is 2. The van der Waals surface area contributed by atoms with Crippen LogP contribution >= 0.6 is 23.6 Å². The normalized spacial score (nSPS) is 10.5. The molecule has 1 aromatic heterocycles. The number of esters is 1. The first-order valence-corrected chi connectivity index (χ1v) is 12.5. The molecule has 180 valence electrons. The number of thiocarbonyl (C=S) groups is 1. The van der Waals surface area contributed by atoms with E-state index in [9.17, 15) is 4.79 Å². The van der Waals surface area contributed by atoms with Crippen LogP contribution in [0.4, 0.5) is 5.00 Å². The van der Waals surface area contributed by atoms with Gasteiger partial charge in [0.1, 0.15) is 10.6 Å². The summed E-state index contributed by atoms with van der Waals surface area (Å²) in [6.07, 6.45) is 0. The van der Waals surface area contributed by atoms with Gasteiger partial charge in [0.2, 0.25) is 0 Å². The van der Waals surface area contributed by atoms with E-state index in [0.717, 1.165) is 27.3 Å². The predicted molar refractivity (Wildman–Crippen MR) is 142 cm³/mol. The Kier molecular flexibility index (Phi) is 9.30. The number of thiophene rings is 1. The molecule has 0 atom stereocenters. The molecule has 3 rings (SSSR count). The third-order valence-corrected chi connectivity index (χ3v) is 6.18. The number of hydrogen-bond donors (Lipinski definition) is 2. The molecule has 6 nitrogen and oxygen atoms in total. The summed E-state index contributed by atoms with van der Waals surface area (Å²) in [6.45, 7) is 9.57. The molecule has 0 aliphatic heterocycles. The molecule has 0 aliphatic carbocycles. The van der Waals surface area contributed by atoms with E-state index in [1.54, 1.807) is 6.92 Å². The minimum absolute atomic E-state index is 0.296. The Bertz CT molecular complexity index is 1130. The number of benzene rings is 2. The molecule has 0 radical (unpaired) electrons. The lowest BCUT2D eigenvalue weighted by Crippen LogP contribution is -2.28. The van der Waals surface area contributed by atoms with Gasteiger partial charge < -0.3 is 24.8 Å². The van der Waals surface area contributed by atoms with Crippen molar-refractivity contribution in [2.45, 2.75) is 34.2 Å². The molecule has 0 unspecified atom stereocenters. The van der Waals surface area contributed by atoms with Crippen molar-refractivity contribution in [2.75, 3.05) is 25.1 Å². The summed E-state index contributed by atoms with van der Waals surface area (Å²) in [5.41, 5.74) is 3.32. The Morgan fingerprint density at radius 2 is 1.68 bits per heavy atom. The number of carbonyl (C=O) groups is 1. The van der Waals surface area contributed by atoms with Crippen LogP contribution in [0.1, 0.15) is 41.6 Å². The molecule has 2 N–H and O–H groups in total.